The van der Waals surface area contributed by atoms with E-state index in [0.717, 1.165) is 10.7 Å². The fourth-order valence-corrected chi connectivity index (χ4v) is 1.66. The van der Waals surface area contributed by atoms with Crippen molar-refractivity contribution in [3.05, 3.63) is 35.4 Å². The first-order valence-electron chi connectivity index (χ1n) is 5.19. The van der Waals surface area contributed by atoms with Gasteiger partial charge in [0.25, 0.3) is 0 Å². The highest BCUT2D eigenvalue weighted by molar-refractivity contribution is 5.71. The molecule has 0 saturated carbocycles. The Kier molecular flexibility index (Phi) is 2.88. The number of nitrogen functional groups attached to an aromatic ring is 2. The minimum Gasteiger partial charge on any atom is -0.382 e. The number of rotatable bonds is 1. The molecule has 0 spiro atoms. The molecule has 0 unspecified atom stereocenters. The Labute approximate surface area is 105 Å². The molecule has 0 saturated heterocycles. The molecule has 0 aliphatic heterocycles. The van der Waals surface area contributed by atoms with Crippen molar-refractivity contribution < 1.29 is 17.6 Å². The number of nitrogens with two attached hydrogens (primary N) is 2. The van der Waals surface area contributed by atoms with Gasteiger partial charge < -0.3 is 11.6 Å². The van der Waals surface area contributed by atoms with Gasteiger partial charge in [0.2, 0.25) is 0 Å². The first kappa shape index (κ1) is 13.2. The summed E-state index contributed by atoms with van der Waals surface area (Å²) >= 11 is 0. The van der Waals surface area contributed by atoms with Crippen LogP contribution in [-0.2, 0) is 6.18 Å². The second kappa shape index (κ2) is 4.15. The van der Waals surface area contributed by atoms with Crippen LogP contribution in [0.2, 0.25) is 0 Å². The Balaban J connectivity index is 2.61. The van der Waals surface area contributed by atoms with E-state index in [2.05, 4.69) is 4.98 Å². The van der Waals surface area contributed by atoms with Crippen LogP contribution in [0.5, 0.6) is 0 Å². The van der Waals surface area contributed by atoms with Gasteiger partial charge in [-0.15, -0.1) is 0 Å². The van der Waals surface area contributed by atoms with Crippen molar-refractivity contribution in [1.82, 2.24) is 9.66 Å². The van der Waals surface area contributed by atoms with Crippen LogP contribution in [0.4, 0.5) is 23.4 Å². The molecular formula is C11H10F4N4. The largest absolute Gasteiger partial charge is 0.419 e. The highest BCUT2D eigenvalue weighted by atomic mass is 19.4. The summed E-state index contributed by atoms with van der Waals surface area (Å²) in [4.78, 5) is 3.96. The van der Waals surface area contributed by atoms with E-state index in [1.807, 2.05) is 0 Å². The van der Waals surface area contributed by atoms with Crippen molar-refractivity contribution in [2.75, 3.05) is 11.6 Å². The third kappa shape index (κ3) is 2.20. The van der Waals surface area contributed by atoms with Gasteiger partial charge in [0.15, 0.2) is 5.82 Å². The molecule has 0 atom stereocenters. The zero-order valence-corrected chi connectivity index (χ0v) is 9.79. The Morgan fingerprint density at radius 2 is 1.89 bits per heavy atom. The number of hydrogen-bond acceptors (Lipinski definition) is 3. The summed E-state index contributed by atoms with van der Waals surface area (Å²) in [6.45, 7) is 1.55. The van der Waals surface area contributed by atoms with Gasteiger partial charge in [-0.25, -0.2) is 14.1 Å². The molecule has 0 aliphatic rings. The summed E-state index contributed by atoms with van der Waals surface area (Å²) in [6.07, 6.45) is -4.78. The van der Waals surface area contributed by atoms with Crippen LogP contribution in [0.25, 0.3) is 11.3 Å². The van der Waals surface area contributed by atoms with Crippen molar-refractivity contribution in [3.63, 3.8) is 0 Å². The number of benzene rings is 1. The van der Waals surface area contributed by atoms with E-state index in [1.165, 1.54) is 6.07 Å². The molecule has 2 aromatic rings. The lowest BCUT2D eigenvalue weighted by Crippen LogP contribution is -2.13. The average molecular weight is 274 g/mol. The number of halogens is 4. The minimum absolute atomic E-state index is 0.0113. The molecular weight excluding hydrogens is 264 g/mol. The first-order chi connectivity index (χ1) is 8.71. The quantitative estimate of drug-likeness (QED) is 0.619. The van der Waals surface area contributed by atoms with Crippen molar-refractivity contribution in [3.8, 4) is 11.3 Å². The maximum atomic E-state index is 13.2. The van der Waals surface area contributed by atoms with Gasteiger partial charge in [-0.2, -0.15) is 13.2 Å². The molecule has 2 rings (SSSR count). The Bertz CT molecular complexity index is 630. The van der Waals surface area contributed by atoms with E-state index in [1.54, 1.807) is 6.92 Å². The lowest BCUT2D eigenvalue weighted by molar-refractivity contribution is -0.139. The van der Waals surface area contributed by atoms with Gasteiger partial charge in [0, 0.05) is 5.56 Å². The average Bonchev–Trinajstić information content (AvgIpc) is 2.56. The van der Waals surface area contributed by atoms with Gasteiger partial charge in [0.05, 0.1) is 5.56 Å². The highest BCUT2D eigenvalue weighted by Gasteiger charge is 2.34. The second-order valence-electron chi connectivity index (χ2n) is 3.96. The zero-order valence-electron chi connectivity index (χ0n) is 9.79. The summed E-state index contributed by atoms with van der Waals surface area (Å²) in [5.74, 6) is 4.53. The number of aryl methyl sites for hydroxylation is 1. The Morgan fingerprint density at radius 1 is 1.26 bits per heavy atom. The van der Waals surface area contributed by atoms with E-state index >= 15 is 0 Å². The van der Waals surface area contributed by atoms with Crippen LogP contribution >= 0.6 is 0 Å². The number of nitrogens with zero attached hydrogens (tertiary/aromatic N) is 2. The highest BCUT2D eigenvalue weighted by Crippen LogP contribution is 2.35. The van der Waals surface area contributed by atoms with E-state index in [9.17, 15) is 17.6 Å². The van der Waals surface area contributed by atoms with Gasteiger partial charge in [-0.05, 0) is 25.1 Å². The van der Waals surface area contributed by atoms with Gasteiger partial charge in [-0.1, -0.05) is 0 Å². The topological polar surface area (TPSA) is 69.9 Å². The number of hydrogen-bond donors (Lipinski definition) is 2. The van der Waals surface area contributed by atoms with E-state index in [-0.39, 0.29) is 17.1 Å². The summed E-state index contributed by atoms with van der Waals surface area (Å²) in [5.41, 5.74) is 4.41. The van der Waals surface area contributed by atoms with E-state index in [0.29, 0.717) is 11.9 Å². The fourth-order valence-electron chi connectivity index (χ4n) is 1.66. The van der Waals surface area contributed by atoms with Crippen LogP contribution in [0, 0.1) is 12.7 Å². The van der Waals surface area contributed by atoms with Gasteiger partial charge in [-0.3, -0.25) is 0 Å². The molecule has 0 aliphatic carbocycles. The number of anilines is 1. The molecule has 1 heterocycles. The third-order valence-corrected chi connectivity index (χ3v) is 2.67. The van der Waals surface area contributed by atoms with Gasteiger partial charge in [0.1, 0.15) is 17.3 Å². The van der Waals surface area contributed by atoms with Crippen molar-refractivity contribution in [1.29, 1.82) is 0 Å². The smallest absolute Gasteiger partial charge is 0.382 e. The summed E-state index contributed by atoms with van der Waals surface area (Å²) in [6, 6.07) is 2.55. The normalized spacial score (nSPS) is 11.8. The van der Waals surface area contributed by atoms with Gasteiger partial charge >= 0.3 is 6.18 Å². The molecule has 0 bridgehead atoms. The molecule has 0 fully saturated rings. The van der Waals surface area contributed by atoms with Crippen molar-refractivity contribution in [2.24, 2.45) is 0 Å². The summed E-state index contributed by atoms with van der Waals surface area (Å²) in [5, 5.41) is 0. The third-order valence-electron chi connectivity index (χ3n) is 2.67. The first-order valence-corrected chi connectivity index (χ1v) is 5.19. The fraction of sp³-hybridized carbons (Fsp3) is 0.182. The predicted molar refractivity (Wildman–Crippen MR) is 61.9 cm³/mol. The Morgan fingerprint density at radius 3 is 2.37 bits per heavy atom. The maximum absolute atomic E-state index is 13.2. The molecule has 4 N–H and O–H groups in total. The molecule has 1 aromatic carbocycles. The van der Waals surface area contributed by atoms with E-state index < -0.39 is 17.6 Å². The zero-order chi connectivity index (χ0) is 14.4. The molecule has 0 radical (unpaired) electrons. The lowest BCUT2D eigenvalue weighted by atomic mass is 10.1. The Hall–Kier alpha value is -2.25. The van der Waals surface area contributed by atoms with Crippen molar-refractivity contribution in [2.45, 2.75) is 13.1 Å². The van der Waals surface area contributed by atoms with Crippen LogP contribution in [0.3, 0.4) is 0 Å². The summed E-state index contributed by atoms with van der Waals surface area (Å²) < 4.78 is 52.0. The molecule has 8 heteroatoms. The predicted octanol–water partition coefficient (Wildman–Crippen LogP) is 2.31. The molecule has 4 nitrogen and oxygen atoms in total. The van der Waals surface area contributed by atoms with Crippen LogP contribution in [0.1, 0.15) is 11.4 Å². The molecule has 102 valence electrons. The molecule has 19 heavy (non-hydrogen) atoms. The SMILES string of the molecule is Cc1nc(-c2ccc(F)c(C(F)(F)F)c2)c(N)n1N. The minimum atomic E-state index is -4.78. The van der Waals surface area contributed by atoms with Crippen molar-refractivity contribution >= 4 is 5.82 Å². The molecule has 1 aromatic heterocycles. The van der Waals surface area contributed by atoms with Crippen LogP contribution < -0.4 is 11.6 Å². The number of imidazole rings is 1. The standard InChI is InChI=1S/C11H10F4N4/c1-5-18-9(10(16)19(5)17)6-2-3-8(12)7(4-6)11(13,14)15/h2-4H,16-17H2,1H3. The number of aromatic nitrogens is 2. The van der Waals surface area contributed by atoms with Crippen LogP contribution in [0.15, 0.2) is 18.2 Å². The van der Waals surface area contributed by atoms with Crippen LogP contribution in [-0.4, -0.2) is 9.66 Å². The maximum Gasteiger partial charge on any atom is 0.419 e. The lowest BCUT2D eigenvalue weighted by Gasteiger charge is -2.09. The monoisotopic (exact) mass is 274 g/mol. The van der Waals surface area contributed by atoms with E-state index in [4.69, 9.17) is 11.6 Å². The molecule has 0 amide bonds. The summed E-state index contributed by atoms with van der Waals surface area (Å²) in [7, 11) is 0. The second-order valence-corrected chi connectivity index (χ2v) is 3.96. The number of alkyl halides is 3.